The molecule has 0 bridgehead atoms. The minimum absolute atomic E-state index is 0. The van der Waals surface area contributed by atoms with E-state index in [4.69, 9.17) is 20.4 Å². The van der Waals surface area contributed by atoms with Gasteiger partial charge in [0, 0.05) is 0 Å². The minimum atomic E-state index is -2.74. The van der Waals surface area contributed by atoms with E-state index in [9.17, 15) is 14.4 Å². The number of aliphatic carboxylic acids is 3. The predicted molar refractivity (Wildman–Crippen MR) is 52.1 cm³/mol. The van der Waals surface area contributed by atoms with Crippen molar-refractivity contribution in [1.29, 1.82) is 0 Å². The van der Waals surface area contributed by atoms with Crippen LogP contribution < -0.4 is 6.15 Å². The van der Waals surface area contributed by atoms with Crippen molar-refractivity contribution in [3.8, 4) is 0 Å². The van der Waals surface area contributed by atoms with Crippen LogP contribution in [-0.4, -0.2) is 70.1 Å². The van der Waals surface area contributed by atoms with Crippen molar-refractivity contribution >= 4 is 44.1 Å². The van der Waals surface area contributed by atoms with E-state index >= 15 is 0 Å². The van der Waals surface area contributed by atoms with E-state index in [2.05, 4.69) is 0 Å². The zero-order valence-corrected chi connectivity index (χ0v) is 13.3. The summed E-state index contributed by atoms with van der Waals surface area (Å²) in [5.74, 6) is -5.02. The molecule has 0 radical (unpaired) electrons. The summed E-state index contributed by atoms with van der Waals surface area (Å²) in [4.78, 5) is 30.5. The first-order chi connectivity index (χ1) is 5.78. The summed E-state index contributed by atoms with van der Waals surface area (Å²) in [5.41, 5.74) is -2.74. The third-order valence-electron chi connectivity index (χ3n) is 1.29. The fourth-order valence-electron chi connectivity index (χ4n) is 0.714. The molecule has 0 aliphatic rings. The second kappa shape index (κ2) is 7.50. The first-order valence-electron chi connectivity index (χ1n) is 3.17. The van der Waals surface area contributed by atoms with E-state index < -0.39 is 36.4 Å². The van der Waals surface area contributed by atoms with Crippen LogP contribution in [0.2, 0.25) is 0 Å². The van der Waals surface area contributed by atoms with E-state index in [1.54, 1.807) is 0 Å². The van der Waals surface area contributed by atoms with Crippen LogP contribution in [0.1, 0.15) is 12.8 Å². The van der Waals surface area contributed by atoms with E-state index in [1.165, 1.54) is 0 Å². The maximum absolute atomic E-state index is 10.3. The summed E-state index contributed by atoms with van der Waals surface area (Å²) in [5, 5.41) is 33.8. The van der Waals surface area contributed by atoms with Gasteiger partial charge in [-0.05, 0) is 0 Å². The molecule has 0 unspecified atom stereocenters. The van der Waals surface area contributed by atoms with Crippen LogP contribution in [0.25, 0.3) is 0 Å². The first-order valence-corrected chi connectivity index (χ1v) is 3.17. The SMILES string of the molecule is N.O=C(O)CC(O)(CC(=O)O)C(=O)O.[BiH3]. The average Bonchev–Trinajstić information content (AvgIpc) is 1.82. The molecule has 0 rings (SSSR count). The van der Waals surface area contributed by atoms with E-state index in [1.807, 2.05) is 0 Å². The molecule has 15 heavy (non-hydrogen) atoms. The van der Waals surface area contributed by atoms with Gasteiger partial charge in [0.15, 0.2) is 5.60 Å². The number of carboxylic acid groups (broad SMARTS) is 3. The zero-order valence-electron chi connectivity index (χ0n) is 7.84. The Hall–Kier alpha value is -0.787. The van der Waals surface area contributed by atoms with Crippen molar-refractivity contribution in [2.45, 2.75) is 18.4 Å². The third-order valence-corrected chi connectivity index (χ3v) is 1.29. The molecule has 0 fully saturated rings. The molecule has 9 heteroatoms. The number of hydrogen-bond acceptors (Lipinski definition) is 5. The monoisotopic (exact) mass is 421 g/mol. The second-order valence-corrected chi connectivity index (χ2v) is 2.48. The van der Waals surface area contributed by atoms with Crippen molar-refractivity contribution in [1.82, 2.24) is 6.15 Å². The van der Waals surface area contributed by atoms with Crippen LogP contribution in [0, 0.1) is 0 Å². The molecule has 0 atom stereocenters. The summed E-state index contributed by atoms with van der Waals surface area (Å²) in [7, 11) is 0. The summed E-state index contributed by atoms with van der Waals surface area (Å²) in [6.07, 6.45) is -2.29. The van der Waals surface area contributed by atoms with Gasteiger partial charge >= 0.3 is 44.1 Å². The van der Waals surface area contributed by atoms with Gasteiger partial charge in [-0.25, -0.2) is 4.79 Å². The molecular formula is C6H14BiNO7. The molecule has 90 valence electrons. The quantitative estimate of drug-likeness (QED) is 0.310. The molecule has 0 aromatic heterocycles. The Morgan fingerprint density at radius 1 is 0.933 bits per heavy atom. The Bertz CT molecular complexity index is 238. The Kier molecular flexibility index (Phi) is 9.86. The number of aliphatic hydroxyl groups is 1. The van der Waals surface area contributed by atoms with Crippen LogP contribution >= 0.6 is 0 Å². The topological polar surface area (TPSA) is 167 Å². The summed E-state index contributed by atoms with van der Waals surface area (Å²) in [6.45, 7) is 0. The Labute approximate surface area is 104 Å². The van der Waals surface area contributed by atoms with Crippen LogP contribution in [0.5, 0.6) is 0 Å². The zero-order chi connectivity index (χ0) is 10.6. The second-order valence-electron chi connectivity index (χ2n) is 2.48. The van der Waals surface area contributed by atoms with E-state index in [0.717, 1.165) is 0 Å². The van der Waals surface area contributed by atoms with Crippen LogP contribution in [0.3, 0.4) is 0 Å². The van der Waals surface area contributed by atoms with Gasteiger partial charge < -0.3 is 26.6 Å². The fraction of sp³-hybridized carbons (Fsp3) is 0.500. The molecule has 0 aromatic carbocycles. The predicted octanol–water partition coefficient (Wildman–Crippen LogP) is -2.27. The Morgan fingerprint density at radius 3 is 1.33 bits per heavy atom. The molecule has 0 amide bonds. The van der Waals surface area contributed by atoms with Crippen LogP contribution in [0.15, 0.2) is 0 Å². The normalized spacial score (nSPS) is 9.40. The number of hydrogen-bond donors (Lipinski definition) is 5. The number of carboxylic acids is 3. The molecule has 8 nitrogen and oxygen atoms in total. The van der Waals surface area contributed by atoms with Gasteiger partial charge in [0.2, 0.25) is 0 Å². The van der Waals surface area contributed by atoms with Gasteiger partial charge in [0.25, 0.3) is 0 Å². The van der Waals surface area contributed by atoms with Gasteiger partial charge in [0.05, 0.1) is 12.8 Å². The molecule has 0 aliphatic carbocycles. The number of carbonyl (C=O) groups is 3. The average molecular weight is 421 g/mol. The third kappa shape index (κ3) is 7.18. The van der Waals surface area contributed by atoms with Crippen LogP contribution in [0.4, 0.5) is 0 Å². The molecule has 0 aromatic rings. The van der Waals surface area contributed by atoms with Gasteiger partial charge in [-0.2, -0.15) is 0 Å². The molecule has 0 spiro atoms. The summed E-state index contributed by atoms with van der Waals surface area (Å²) < 4.78 is 0. The van der Waals surface area contributed by atoms with Crippen molar-refractivity contribution in [3.63, 3.8) is 0 Å². The molecular weight excluding hydrogens is 407 g/mol. The Morgan fingerprint density at radius 2 is 1.20 bits per heavy atom. The van der Waals surface area contributed by atoms with Crippen molar-refractivity contribution in [2.24, 2.45) is 0 Å². The Balaban J connectivity index is -0.000000720. The fourth-order valence-corrected chi connectivity index (χ4v) is 0.714. The maximum atomic E-state index is 10.3. The van der Waals surface area contributed by atoms with E-state index in [-0.39, 0.29) is 32.4 Å². The molecule has 7 N–H and O–H groups in total. The van der Waals surface area contributed by atoms with E-state index in [0.29, 0.717) is 0 Å². The molecule has 0 aliphatic heterocycles. The van der Waals surface area contributed by atoms with Gasteiger partial charge in [-0.15, -0.1) is 0 Å². The molecule has 0 saturated carbocycles. The van der Waals surface area contributed by atoms with Crippen molar-refractivity contribution in [2.75, 3.05) is 0 Å². The summed E-state index contributed by atoms with van der Waals surface area (Å²) in [6, 6.07) is 0. The van der Waals surface area contributed by atoms with Gasteiger partial charge in [-0.3, -0.25) is 9.59 Å². The first kappa shape index (κ1) is 19.7. The molecule has 0 saturated heterocycles. The van der Waals surface area contributed by atoms with Gasteiger partial charge in [0.1, 0.15) is 0 Å². The van der Waals surface area contributed by atoms with Crippen molar-refractivity contribution in [3.05, 3.63) is 0 Å². The van der Waals surface area contributed by atoms with Crippen molar-refractivity contribution < 1.29 is 34.8 Å². The number of rotatable bonds is 5. The van der Waals surface area contributed by atoms with Crippen LogP contribution in [-0.2, 0) is 14.4 Å². The molecule has 0 heterocycles. The standard InChI is InChI=1S/C6H8O7.Bi.H3N.3H/c7-3(8)1-6(13,5(11)12)2-4(9)10;;;;;/h13H,1-2H2,(H,7,8)(H,9,10)(H,11,12);;1H3;;;. The summed E-state index contributed by atoms with van der Waals surface area (Å²) >= 11 is 0. The van der Waals surface area contributed by atoms with Gasteiger partial charge in [-0.1, -0.05) is 0 Å².